The molecule has 0 aliphatic heterocycles. The summed E-state index contributed by atoms with van der Waals surface area (Å²) in [4.78, 5) is 25.5. The van der Waals surface area contributed by atoms with E-state index in [1.165, 1.54) is 0 Å². The van der Waals surface area contributed by atoms with Crippen molar-refractivity contribution in [1.29, 1.82) is 0 Å². The molecule has 1 aliphatic carbocycles. The van der Waals surface area contributed by atoms with Gasteiger partial charge in [0.25, 0.3) is 0 Å². The first-order chi connectivity index (χ1) is 10.0. The third-order valence-corrected chi connectivity index (χ3v) is 4.67. The Morgan fingerprint density at radius 1 is 1.52 bits per heavy atom. The second-order valence-electron chi connectivity index (χ2n) is 5.64. The van der Waals surface area contributed by atoms with Gasteiger partial charge in [0.2, 0.25) is 0 Å². The van der Waals surface area contributed by atoms with Gasteiger partial charge in [-0.1, -0.05) is 20.3 Å². The predicted molar refractivity (Wildman–Crippen MR) is 82.3 cm³/mol. The van der Waals surface area contributed by atoms with Crippen LogP contribution in [0, 0.1) is 5.92 Å². The van der Waals surface area contributed by atoms with E-state index in [9.17, 15) is 14.7 Å². The van der Waals surface area contributed by atoms with Crippen LogP contribution in [-0.2, 0) is 11.3 Å². The van der Waals surface area contributed by atoms with Gasteiger partial charge in [-0.05, 0) is 41.1 Å². The molecule has 1 aromatic heterocycles. The summed E-state index contributed by atoms with van der Waals surface area (Å²) in [5.41, 5.74) is 1.09. The van der Waals surface area contributed by atoms with Crippen LogP contribution in [0.3, 0.4) is 0 Å². The molecular weight excluding hydrogens is 288 g/mol. The van der Waals surface area contributed by atoms with E-state index in [0.29, 0.717) is 13.0 Å². The lowest BCUT2D eigenvalue weighted by molar-refractivity contribution is -0.140. The fraction of sp³-hybridized carbons (Fsp3) is 0.600. The molecule has 0 aromatic carbocycles. The summed E-state index contributed by atoms with van der Waals surface area (Å²) in [6.45, 7) is 4.32. The zero-order valence-corrected chi connectivity index (χ0v) is 13.2. The zero-order chi connectivity index (χ0) is 15.4. The number of carboxylic acid groups (broad SMARTS) is 1. The number of amides is 2. The minimum absolute atomic E-state index is 0.0892. The van der Waals surface area contributed by atoms with Crippen LogP contribution in [0.25, 0.3) is 0 Å². The van der Waals surface area contributed by atoms with Gasteiger partial charge in [-0.25, -0.2) is 9.59 Å². The molecule has 1 saturated carbocycles. The molecular formula is C15H22N2O3S. The average molecular weight is 310 g/mol. The van der Waals surface area contributed by atoms with E-state index in [2.05, 4.69) is 5.32 Å². The van der Waals surface area contributed by atoms with Gasteiger partial charge in [-0.15, -0.1) is 0 Å². The highest BCUT2D eigenvalue weighted by atomic mass is 32.1. The molecule has 1 fully saturated rings. The van der Waals surface area contributed by atoms with Crippen LogP contribution in [0.15, 0.2) is 16.8 Å². The maximum atomic E-state index is 12.4. The van der Waals surface area contributed by atoms with Crippen LogP contribution in [0.1, 0.15) is 38.7 Å². The first-order valence-electron chi connectivity index (χ1n) is 7.34. The van der Waals surface area contributed by atoms with Crippen molar-refractivity contribution < 1.29 is 14.7 Å². The van der Waals surface area contributed by atoms with Gasteiger partial charge in [0.05, 0.1) is 0 Å². The SMILES string of the molecule is CCC(C)[C@H](NC(=O)N(Cc1ccsc1)C1CC1)C(=O)O. The zero-order valence-electron chi connectivity index (χ0n) is 12.4. The summed E-state index contributed by atoms with van der Waals surface area (Å²) in [5.74, 6) is -1.06. The quantitative estimate of drug-likeness (QED) is 0.813. The summed E-state index contributed by atoms with van der Waals surface area (Å²) < 4.78 is 0. The number of thiophene rings is 1. The fourth-order valence-corrected chi connectivity index (χ4v) is 2.89. The Bertz CT molecular complexity index is 485. The van der Waals surface area contributed by atoms with Crippen molar-refractivity contribution in [3.05, 3.63) is 22.4 Å². The number of aliphatic carboxylic acids is 1. The number of carboxylic acids is 1. The highest BCUT2D eigenvalue weighted by Gasteiger charge is 2.35. The standard InChI is InChI=1S/C15H22N2O3S/c1-3-10(2)13(14(18)19)16-15(20)17(12-4-5-12)8-11-6-7-21-9-11/h6-7,9-10,12-13H,3-5,8H2,1-2H3,(H,16,20)(H,18,19)/t10?,13-/m0/s1. The minimum Gasteiger partial charge on any atom is -0.480 e. The maximum Gasteiger partial charge on any atom is 0.326 e. The van der Waals surface area contributed by atoms with Crippen molar-refractivity contribution in [1.82, 2.24) is 10.2 Å². The van der Waals surface area contributed by atoms with Gasteiger partial charge >= 0.3 is 12.0 Å². The molecule has 2 N–H and O–H groups in total. The number of nitrogens with one attached hydrogen (secondary N) is 1. The third-order valence-electron chi connectivity index (χ3n) is 3.94. The van der Waals surface area contributed by atoms with E-state index in [4.69, 9.17) is 0 Å². The van der Waals surface area contributed by atoms with Crippen molar-refractivity contribution in [3.63, 3.8) is 0 Å². The van der Waals surface area contributed by atoms with Crippen LogP contribution in [0.5, 0.6) is 0 Å². The Morgan fingerprint density at radius 2 is 2.24 bits per heavy atom. The van der Waals surface area contributed by atoms with Gasteiger partial charge in [0.1, 0.15) is 6.04 Å². The van der Waals surface area contributed by atoms with E-state index in [1.54, 1.807) is 16.2 Å². The molecule has 0 bridgehead atoms. The molecule has 2 amide bonds. The highest BCUT2D eigenvalue weighted by molar-refractivity contribution is 7.07. The van der Waals surface area contributed by atoms with Crippen molar-refractivity contribution in [2.45, 2.75) is 51.7 Å². The number of carbonyl (C=O) groups is 2. The van der Waals surface area contributed by atoms with Crippen molar-refractivity contribution in [2.24, 2.45) is 5.92 Å². The largest absolute Gasteiger partial charge is 0.480 e. The summed E-state index contributed by atoms with van der Waals surface area (Å²) in [7, 11) is 0. The second kappa shape index (κ2) is 6.93. The topological polar surface area (TPSA) is 69.6 Å². The van der Waals surface area contributed by atoms with Crippen LogP contribution in [-0.4, -0.2) is 34.1 Å². The molecule has 0 radical (unpaired) electrons. The monoisotopic (exact) mass is 310 g/mol. The van der Waals surface area contributed by atoms with E-state index in [1.807, 2.05) is 30.7 Å². The average Bonchev–Trinajstić information content (AvgIpc) is 3.17. The predicted octanol–water partition coefficient (Wildman–Crippen LogP) is 2.92. The first-order valence-corrected chi connectivity index (χ1v) is 8.28. The van der Waals surface area contributed by atoms with Gasteiger partial charge in [0, 0.05) is 12.6 Å². The maximum absolute atomic E-state index is 12.4. The molecule has 1 aliphatic rings. The molecule has 6 heteroatoms. The van der Waals surface area contributed by atoms with Gasteiger partial charge in [0.15, 0.2) is 0 Å². The Morgan fingerprint density at radius 3 is 2.71 bits per heavy atom. The highest BCUT2D eigenvalue weighted by Crippen LogP contribution is 2.29. The lowest BCUT2D eigenvalue weighted by Gasteiger charge is -2.27. The molecule has 2 rings (SSSR count). The minimum atomic E-state index is -0.969. The number of urea groups is 1. The van der Waals surface area contributed by atoms with Crippen LogP contribution < -0.4 is 5.32 Å². The van der Waals surface area contributed by atoms with Crippen LogP contribution in [0.4, 0.5) is 4.79 Å². The summed E-state index contributed by atoms with van der Waals surface area (Å²) in [6, 6.07) is 1.15. The van der Waals surface area contributed by atoms with Crippen molar-refractivity contribution in [2.75, 3.05) is 0 Å². The number of nitrogens with zero attached hydrogens (tertiary/aromatic N) is 1. The normalized spacial score (nSPS) is 17.0. The van der Waals surface area contributed by atoms with E-state index >= 15 is 0 Å². The molecule has 2 atom stereocenters. The lowest BCUT2D eigenvalue weighted by atomic mass is 9.99. The Hall–Kier alpha value is -1.56. The second-order valence-corrected chi connectivity index (χ2v) is 6.42. The number of hydrogen-bond acceptors (Lipinski definition) is 3. The molecule has 0 spiro atoms. The number of carbonyl (C=O) groups excluding carboxylic acids is 1. The van der Waals surface area contributed by atoms with E-state index in [-0.39, 0.29) is 18.0 Å². The van der Waals surface area contributed by atoms with Gasteiger partial charge in [-0.3, -0.25) is 0 Å². The molecule has 0 saturated heterocycles. The smallest absolute Gasteiger partial charge is 0.326 e. The molecule has 1 aromatic rings. The van der Waals surface area contributed by atoms with Crippen molar-refractivity contribution in [3.8, 4) is 0 Å². The number of rotatable bonds is 7. The fourth-order valence-electron chi connectivity index (χ4n) is 2.23. The molecule has 1 unspecified atom stereocenters. The van der Waals surface area contributed by atoms with Gasteiger partial charge < -0.3 is 15.3 Å². The molecule has 116 valence electrons. The van der Waals surface area contributed by atoms with E-state index in [0.717, 1.165) is 18.4 Å². The lowest BCUT2D eigenvalue weighted by Crippen LogP contribution is -2.50. The summed E-state index contributed by atoms with van der Waals surface area (Å²) in [6.07, 6.45) is 2.71. The molecule has 5 nitrogen and oxygen atoms in total. The first kappa shape index (κ1) is 15.8. The summed E-state index contributed by atoms with van der Waals surface area (Å²) >= 11 is 1.60. The Balaban J connectivity index is 2.02. The molecule has 1 heterocycles. The van der Waals surface area contributed by atoms with Crippen molar-refractivity contribution >= 4 is 23.3 Å². The van der Waals surface area contributed by atoms with Crippen LogP contribution >= 0.6 is 11.3 Å². The third kappa shape index (κ3) is 4.20. The Kier molecular flexibility index (Phi) is 5.22. The van der Waals surface area contributed by atoms with Crippen LogP contribution in [0.2, 0.25) is 0 Å². The molecule has 21 heavy (non-hydrogen) atoms. The summed E-state index contributed by atoms with van der Waals surface area (Å²) in [5, 5.41) is 16.0. The van der Waals surface area contributed by atoms with E-state index < -0.39 is 12.0 Å². The Labute approximate surface area is 129 Å². The number of hydrogen-bond donors (Lipinski definition) is 2. The van der Waals surface area contributed by atoms with Gasteiger partial charge in [-0.2, -0.15) is 11.3 Å².